The molecule has 1 N–H and O–H groups in total. The van der Waals surface area contributed by atoms with E-state index in [-0.39, 0.29) is 11.9 Å². The molecular weight excluding hydrogens is 410 g/mol. The van der Waals surface area contributed by atoms with Crippen molar-refractivity contribution < 1.29 is 4.79 Å². The predicted molar refractivity (Wildman–Crippen MR) is 111 cm³/mol. The van der Waals surface area contributed by atoms with Crippen molar-refractivity contribution in [2.45, 2.75) is 24.9 Å². The number of alkyl halides is 1. The number of para-hydroxylation sites is 1. The second kappa shape index (κ2) is 6.78. The Morgan fingerprint density at radius 1 is 1.17 bits per heavy atom. The third-order valence-corrected chi connectivity index (χ3v) is 5.84. The van der Waals surface area contributed by atoms with E-state index in [2.05, 4.69) is 20.5 Å². The molecule has 2 aromatic heterocycles. The zero-order chi connectivity index (χ0) is 20.1. The molecule has 0 aliphatic carbocycles. The molecule has 0 radical (unpaired) electrons. The first-order valence-corrected chi connectivity index (χ1v) is 9.88. The van der Waals surface area contributed by atoms with Crippen molar-refractivity contribution >= 4 is 40.8 Å². The fraction of sp³-hybridized carbons (Fsp3) is 0.211. The molecule has 2 aromatic carbocycles. The molecule has 10 heteroatoms. The van der Waals surface area contributed by atoms with Crippen molar-refractivity contribution in [3.63, 3.8) is 0 Å². The lowest BCUT2D eigenvalue weighted by Crippen LogP contribution is -2.62. The number of aromatic amines is 1. The van der Waals surface area contributed by atoms with Crippen molar-refractivity contribution in [1.82, 2.24) is 29.9 Å². The van der Waals surface area contributed by atoms with Gasteiger partial charge in [0.05, 0.1) is 5.52 Å². The van der Waals surface area contributed by atoms with Gasteiger partial charge >= 0.3 is 0 Å². The maximum atomic E-state index is 12.7. The van der Waals surface area contributed by atoms with E-state index in [1.165, 1.54) is 0 Å². The van der Waals surface area contributed by atoms with Crippen molar-refractivity contribution in [2.24, 2.45) is 0 Å². The van der Waals surface area contributed by atoms with Gasteiger partial charge in [0.2, 0.25) is 4.77 Å². The van der Waals surface area contributed by atoms with Crippen LogP contribution in [0.4, 0.5) is 0 Å². The van der Waals surface area contributed by atoms with Crippen molar-refractivity contribution in [1.29, 1.82) is 0 Å². The fourth-order valence-corrected chi connectivity index (χ4v) is 4.27. The Morgan fingerprint density at radius 2 is 1.93 bits per heavy atom. The molecule has 4 aromatic rings. The molecular formula is C19H16ClN7OS. The average Bonchev–Trinajstić information content (AvgIpc) is 3.30. The number of carbonyl (C=O) groups excluding carboxylic acids is 1. The molecule has 1 amide bonds. The van der Waals surface area contributed by atoms with Crippen molar-refractivity contribution in [3.05, 3.63) is 70.3 Å². The molecule has 1 fully saturated rings. The summed E-state index contributed by atoms with van der Waals surface area (Å²) in [6.45, 7) is 2.29. The number of benzene rings is 2. The van der Waals surface area contributed by atoms with Gasteiger partial charge in [-0.3, -0.25) is 9.89 Å². The minimum atomic E-state index is -0.659. The third kappa shape index (κ3) is 2.77. The number of halogens is 1. The standard InChI is InChI=1S/C19H16ClN7OS/c1-11-6-2-3-7-12(11)17-16(20)18(28)27(17)26-15(22-23-19(26)29)10-25-14-9-5-4-8-13(14)21-24-25/h2-9,16-17H,10H2,1H3,(H,23,29). The Labute approximate surface area is 175 Å². The van der Waals surface area contributed by atoms with Crippen LogP contribution in [0.5, 0.6) is 0 Å². The smallest absolute Gasteiger partial charge is 0.262 e. The van der Waals surface area contributed by atoms with Crippen LogP contribution in [0.25, 0.3) is 11.0 Å². The van der Waals surface area contributed by atoms with Crippen molar-refractivity contribution in [3.8, 4) is 0 Å². The van der Waals surface area contributed by atoms with E-state index in [0.717, 1.165) is 22.2 Å². The molecule has 146 valence electrons. The van der Waals surface area contributed by atoms with Crippen LogP contribution < -0.4 is 5.01 Å². The number of rotatable bonds is 4. The number of fused-ring (bicyclic) bond motifs is 1. The van der Waals surface area contributed by atoms with Gasteiger partial charge in [-0.25, -0.2) is 14.4 Å². The van der Waals surface area contributed by atoms with Gasteiger partial charge in [0.1, 0.15) is 23.5 Å². The molecule has 2 atom stereocenters. The van der Waals surface area contributed by atoms with E-state index in [1.807, 2.05) is 55.5 Å². The van der Waals surface area contributed by atoms with Crippen LogP contribution in [0.15, 0.2) is 48.5 Å². The number of nitrogens with one attached hydrogen (secondary N) is 1. The molecule has 1 aliphatic heterocycles. The highest BCUT2D eigenvalue weighted by Crippen LogP contribution is 2.39. The van der Waals surface area contributed by atoms with Crippen molar-refractivity contribution in [2.75, 3.05) is 5.01 Å². The molecule has 5 rings (SSSR count). The number of hydrogen-bond acceptors (Lipinski definition) is 5. The third-order valence-electron chi connectivity index (χ3n) is 5.15. The summed E-state index contributed by atoms with van der Waals surface area (Å²) in [6.07, 6.45) is 0. The minimum Gasteiger partial charge on any atom is -0.271 e. The summed E-state index contributed by atoms with van der Waals surface area (Å²) in [5.41, 5.74) is 3.69. The number of aromatic nitrogens is 6. The quantitative estimate of drug-likeness (QED) is 0.309. The summed E-state index contributed by atoms with van der Waals surface area (Å²) in [6, 6.07) is 15.2. The number of amides is 1. The summed E-state index contributed by atoms with van der Waals surface area (Å²) < 4.78 is 3.66. The topological polar surface area (TPSA) is 84.6 Å². The van der Waals surface area contributed by atoms with Crippen LogP contribution in [0, 0.1) is 11.7 Å². The highest BCUT2D eigenvalue weighted by atomic mass is 35.5. The minimum absolute atomic E-state index is 0.220. The number of nitrogens with zero attached hydrogens (tertiary/aromatic N) is 6. The van der Waals surface area contributed by atoms with E-state index in [1.54, 1.807) is 14.4 Å². The van der Waals surface area contributed by atoms with Crippen LogP contribution >= 0.6 is 23.8 Å². The van der Waals surface area contributed by atoms with Gasteiger partial charge in [-0.2, -0.15) is 5.10 Å². The molecule has 1 saturated heterocycles. The highest BCUT2D eigenvalue weighted by molar-refractivity contribution is 7.71. The van der Waals surface area contributed by atoms with Crippen LogP contribution in [0.1, 0.15) is 23.0 Å². The lowest BCUT2D eigenvalue weighted by Gasteiger charge is -2.45. The summed E-state index contributed by atoms with van der Waals surface area (Å²) >= 11 is 11.8. The van der Waals surface area contributed by atoms with Gasteiger partial charge in [0, 0.05) is 0 Å². The number of aryl methyl sites for hydroxylation is 1. The first kappa shape index (κ1) is 18.0. The predicted octanol–water partition coefficient (Wildman–Crippen LogP) is 2.87. The summed E-state index contributed by atoms with van der Waals surface area (Å²) in [5, 5.41) is 16.4. The lowest BCUT2D eigenvalue weighted by molar-refractivity contribution is -0.126. The van der Waals surface area contributed by atoms with Gasteiger partial charge in [-0.15, -0.1) is 16.7 Å². The monoisotopic (exact) mass is 425 g/mol. The van der Waals surface area contributed by atoms with Crippen LogP contribution in [-0.2, 0) is 11.3 Å². The molecule has 0 bridgehead atoms. The van der Waals surface area contributed by atoms with Gasteiger partial charge in [-0.05, 0) is 42.4 Å². The molecule has 3 heterocycles. The summed E-state index contributed by atoms with van der Waals surface area (Å²) in [5.74, 6) is 0.322. The first-order chi connectivity index (χ1) is 14.1. The van der Waals surface area contributed by atoms with Gasteiger partial charge in [0.25, 0.3) is 5.91 Å². The number of hydrogen-bond donors (Lipinski definition) is 1. The SMILES string of the molecule is Cc1ccccc1C1C(Cl)C(=O)N1n1c(Cn2nnc3ccccc32)n[nH]c1=S. The van der Waals surface area contributed by atoms with E-state index in [0.29, 0.717) is 17.1 Å². The zero-order valence-electron chi connectivity index (χ0n) is 15.4. The molecule has 29 heavy (non-hydrogen) atoms. The molecule has 8 nitrogen and oxygen atoms in total. The van der Waals surface area contributed by atoms with E-state index >= 15 is 0 Å². The summed E-state index contributed by atoms with van der Waals surface area (Å²) in [7, 11) is 0. The second-order valence-electron chi connectivity index (χ2n) is 6.88. The number of H-pyrrole nitrogens is 1. The number of carbonyl (C=O) groups is 1. The molecule has 0 spiro atoms. The van der Waals surface area contributed by atoms with E-state index in [4.69, 9.17) is 23.8 Å². The maximum Gasteiger partial charge on any atom is 0.262 e. The molecule has 2 unspecified atom stereocenters. The van der Waals surface area contributed by atoms with E-state index < -0.39 is 5.38 Å². The van der Waals surface area contributed by atoms with E-state index in [9.17, 15) is 4.79 Å². The Balaban J connectivity index is 1.56. The normalized spacial score (nSPS) is 19.0. The summed E-state index contributed by atoms with van der Waals surface area (Å²) in [4.78, 5) is 12.7. The zero-order valence-corrected chi connectivity index (χ0v) is 16.9. The van der Waals surface area contributed by atoms with Gasteiger partial charge in [-0.1, -0.05) is 41.6 Å². The number of β-lactam (4-membered cyclic amide) rings is 1. The Kier molecular flexibility index (Phi) is 4.21. The lowest BCUT2D eigenvalue weighted by atomic mass is 9.92. The van der Waals surface area contributed by atoms with Gasteiger partial charge < -0.3 is 0 Å². The highest BCUT2D eigenvalue weighted by Gasteiger charge is 2.50. The second-order valence-corrected chi connectivity index (χ2v) is 7.74. The largest absolute Gasteiger partial charge is 0.271 e. The first-order valence-electron chi connectivity index (χ1n) is 9.04. The van der Waals surface area contributed by atoms with Crippen LogP contribution in [0.2, 0.25) is 0 Å². The molecule has 0 saturated carbocycles. The molecule has 1 aliphatic rings. The Bertz CT molecular complexity index is 1290. The Hall–Kier alpha value is -3.04. The van der Waals surface area contributed by atoms with Crippen LogP contribution in [-0.4, -0.2) is 41.2 Å². The Morgan fingerprint density at radius 3 is 2.76 bits per heavy atom. The maximum absolute atomic E-state index is 12.7. The average molecular weight is 426 g/mol. The van der Waals surface area contributed by atoms with Gasteiger partial charge in [0.15, 0.2) is 5.82 Å². The fourth-order valence-electron chi connectivity index (χ4n) is 3.69. The van der Waals surface area contributed by atoms with Crippen LogP contribution in [0.3, 0.4) is 0 Å².